The molecule has 1 aliphatic heterocycles. The summed E-state index contributed by atoms with van der Waals surface area (Å²) in [5.74, 6) is 0.551. The SMILES string of the molecule is [C]1=CC=NC2C=CCC12. The van der Waals surface area contributed by atoms with Gasteiger partial charge in [-0.05, 0) is 18.6 Å². The van der Waals surface area contributed by atoms with E-state index in [9.17, 15) is 0 Å². The van der Waals surface area contributed by atoms with E-state index >= 15 is 0 Å². The number of dihydropyridines is 1. The Bertz CT molecular complexity index is 189. The maximum atomic E-state index is 4.26. The summed E-state index contributed by atoms with van der Waals surface area (Å²) in [6.45, 7) is 0. The summed E-state index contributed by atoms with van der Waals surface area (Å²) in [6, 6.07) is 0.412. The van der Waals surface area contributed by atoms with Crippen molar-refractivity contribution in [1.82, 2.24) is 0 Å². The normalized spacial score (nSPS) is 37.3. The molecule has 1 heteroatoms. The van der Waals surface area contributed by atoms with Crippen LogP contribution in [0.2, 0.25) is 0 Å². The largest absolute Gasteiger partial charge is 0.285 e. The average Bonchev–Trinajstić information content (AvgIpc) is 2.33. The Hall–Kier alpha value is -0.850. The molecule has 1 radical (unpaired) electrons. The van der Waals surface area contributed by atoms with Gasteiger partial charge in [-0.1, -0.05) is 12.2 Å². The Morgan fingerprint density at radius 1 is 1.56 bits per heavy atom. The minimum atomic E-state index is 0.412. The standard InChI is InChI=1S/C8H8N/c1-3-7-4-2-6-9-8(7)5-1/h1-2,5-8H,3H2. The first-order valence-corrected chi connectivity index (χ1v) is 3.24. The minimum Gasteiger partial charge on any atom is -0.285 e. The molecule has 2 unspecified atom stereocenters. The molecule has 1 aliphatic carbocycles. The molecule has 2 atom stereocenters. The van der Waals surface area contributed by atoms with Crippen LogP contribution in [0.25, 0.3) is 0 Å². The molecule has 2 aliphatic rings. The zero-order chi connectivity index (χ0) is 6.10. The Kier molecular flexibility index (Phi) is 1.01. The lowest BCUT2D eigenvalue weighted by molar-refractivity contribution is 0.602. The van der Waals surface area contributed by atoms with Crippen LogP contribution in [0.15, 0.2) is 23.2 Å². The fraction of sp³-hybridized carbons (Fsp3) is 0.375. The van der Waals surface area contributed by atoms with Crippen molar-refractivity contribution in [2.75, 3.05) is 0 Å². The summed E-state index contributed by atoms with van der Waals surface area (Å²) < 4.78 is 0. The van der Waals surface area contributed by atoms with Crippen LogP contribution in [0.1, 0.15) is 6.42 Å². The molecule has 2 rings (SSSR count). The van der Waals surface area contributed by atoms with Gasteiger partial charge in [-0.15, -0.1) is 0 Å². The van der Waals surface area contributed by atoms with E-state index in [1.807, 2.05) is 12.3 Å². The van der Waals surface area contributed by atoms with E-state index in [0.29, 0.717) is 12.0 Å². The smallest absolute Gasteiger partial charge is 0.0751 e. The summed E-state index contributed by atoms with van der Waals surface area (Å²) in [5.41, 5.74) is 0. The highest BCUT2D eigenvalue weighted by molar-refractivity contribution is 5.71. The first-order valence-electron chi connectivity index (χ1n) is 3.24. The summed E-state index contributed by atoms with van der Waals surface area (Å²) in [6.07, 6.45) is 12.4. The number of fused-ring (bicyclic) bond motifs is 1. The number of hydrogen-bond donors (Lipinski definition) is 0. The number of rotatable bonds is 0. The van der Waals surface area contributed by atoms with Crippen LogP contribution < -0.4 is 0 Å². The fourth-order valence-corrected chi connectivity index (χ4v) is 1.27. The zero-order valence-corrected chi connectivity index (χ0v) is 5.12. The first-order chi connectivity index (χ1) is 4.47. The molecule has 0 aromatic carbocycles. The van der Waals surface area contributed by atoms with Crippen LogP contribution >= 0.6 is 0 Å². The minimum absolute atomic E-state index is 0.412. The first kappa shape index (κ1) is 4.98. The number of allylic oxidation sites excluding steroid dienone is 2. The van der Waals surface area contributed by atoms with Crippen LogP contribution in [0.4, 0.5) is 0 Å². The molecular formula is C8H8N. The van der Waals surface area contributed by atoms with Gasteiger partial charge in [0.2, 0.25) is 0 Å². The highest BCUT2D eigenvalue weighted by Gasteiger charge is 2.20. The Balaban J connectivity index is 2.25. The molecule has 9 heavy (non-hydrogen) atoms. The van der Waals surface area contributed by atoms with Gasteiger partial charge in [-0.3, -0.25) is 4.99 Å². The topological polar surface area (TPSA) is 12.4 Å². The van der Waals surface area contributed by atoms with Gasteiger partial charge in [0, 0.05) is 12.1 Å². The summed E-state index contributed by atoms with van der Waals surface area (Å²) in [4.78, 5) is 4.26. The quantitative estimate of drug-likeness (QED) is 0.426. The number of nitrogens with zero attached hydrogens (tertiary/aromatic N) is 1. The predicted octanol–water partition coefficient (Wildman–Crippen LogP) is 1.37. The molecule has 0 saturated carbocycles. The van der Waals surface area contributed by atoms with Gasteiger partial charge in [0.15, 0.2) is 0 Å². The molecule has 0 amide bonds. The van der Waals surface area contributed by atoms with Crippen LogP contribution in [0.5, 0.6) is 0 Å². The second kappa shape index (κ2) is 1.83. The van der Waals surface area contributed by atoms with Gasteiger partial charge < -0.3 is 0 Å². The van der Waals surface area contributed by atoms with Crippen molar-refractivity contribution >= 4 is 6.21 Å². The highest BCUT2D eigenvalue weighted by atomic mass is 14.8. The second-order valence-electron chi connectivity index (χ2n) is 2.39. The molecule has 0 bridgehead atoms. The van der Waals surface area contributed by atoms with Crippen molar-refractivity contribution in [3.63, 3.8) is 0 Å². The van der Waals surface area contributed by atoms with E-state index in [1.54, 1.807) is 0 Å². The van der Waals surface area contributed by atoms with Gasteiger partial charge in [0.05, 0.1) is 6.04 Å². The third-order valence-electron chi connectivity index (χ3n) is 1.78. The van der Waals surface area contributed by atoms with Gasteiger partial charge in [0.25, 0.3) is 0 Å². The van der Waals surface area contributed by atoms with E-state index in [2.05, 4.69) is 23.2 Å². The molecule has 45 valence electrons. The van der Waals surface area contributed by atoms with Crippen molar-refractivity contribution in [2.24, 2.45) is 10.9 Å². The predicted molar refractivity (Wildman–Crippen MR) is 37.3 cm³/mol. The third kappa shape index (κ3) is 0.727. The molecule has 0 fully saturated rings. The van der Waals surface area contributed by atoms with E-state index in [1.165, 1.54) is 0 Å². The Labute approximate surface area is 54.8 Å². The average molecular weight is 118 g/mol. The van der Waals surface area contributed by atoms with Crippen molar-refractivity contribution in [3.8, 4) is 0 Å². The van der Waals surface area contributed by atoms with Gasteiger partial charge >= 0.3 is 0 Å². The van der Waals surface area contributed by atoms with E-state index in [0.717, 1.165) is 6.42 Å². The lowest BCUT2D eigenvalue weighted by Crippen LogP contribution is -2.12. The molecule has 0 saturated heterocycles. The molecule has 0 aromatic heterocycles. The number of hydrogen-bond acceptors (Lipinski definition) is 1. The van der Waals surface area contributed by atoms with Crippen LogP contribution in [0.3, 0.4) is 0 Å². The van der Waals surface area contributed by atoms with E-state index < -0.39 is 0 Å². The Morgan fingerprint density at radius 2 is 2.56 bits per heavy atom. The maximum absolute atomic E-state index is 4.26. The molecule has 0 aromatic rings. The fourth-order valence-electron chi connectivity index (χ4n) is 1.27. The van der Waals surface area contributed by atoms with E-state index in [-0.39, 0.29) is 0 Å². The number of aliphatic imine (C=N–C) groups is 1. The summed E-state index contributed by atoms with van der Waals surface area (Å²) in [7, 11) is 0. The van der Waals surface area contributed by atoms with Crippen LogP contribution in [-0.4, -0.2) is 12.3 Å². The molecule has 0 spiro atoms. The van der Waals surface area contributed by atoms with Crippen LogP contribution in [-0.2, 0) is 0 Å². The van der Waals surface area contributed by atoms with Gasteiger partial charge in [0.1, 0.15) is 0 Å². The highest BCUT2D eigenvalue weighted by Crippen LogP contribution is 2.23. The second-order valence-corrected chi connectivity index (χ2v) is 2.39. The summed E-state index contributed by atoms with van der Waals surface area (Å²) in [5, 5.41) is 0. The van der Waals surface area contributed by atoms with E-state index in [4.69, 9.17) is 0 Å². The molecule has 0 N–H and O–H groups in total. The maximum Gasteiger partial charge on any atom is 0.0751 e. The van der Waals surface area contributed by atoms with Crippen molar-refractivity contribution in [2.45, 2.75) is 12.5 Å². The van der Waals surface area contributed by atoms with Crippen LogP contribution in [0, 0.1) is 12.0 Å². The molecular weight excluding hydrogens is 110 g/mol. The Morgan fingerprint density at radius 3 is 3.44 bits per heavy atom. The lowest BCUT2D eigenvalue weighted by atomic mass is 10.0. The van der Waals surface area contributed by atoms with Crippen molar-refractivity contribution < 1.29 is 0 Å². The summed E-state index contributed by atoms with van der Waals surface area (Å²) >= 11 is 0. The lowest BCUT2D eigenvalue weighted by Gasteiger charge is -2.11. The molecule has 1 nitrogen and oxygen atoms in total. The molecule has 1 heterocycles. The van der Waals surface area contributed by atoms with Gasteiger partial charge in [-0.2, -0.15) is 0 Å². The third-order valence-corrected chi connectivity index (χ3v) is 1.78. The monoisotopic (exact) mass is 118 g/mol. The van der Waals surface area contributed by atoms with Gasteiger partial charge in [-0.25, -0.2) is 0 Å². The zero-order valence-electron chi connectivity index (χ0n) is 5.12. The van der Waals surface area contributed by atoms with Crippen molar-refractivity contribution in [1.29, 1.82) is 0 Å². The van der Waals surface area contributed by atoms with Crippen molar-refractivity contribution in [3.05, 3.63) is 24.3 Å².